The molecule has 24 heavy (non-hydrogen) atoms. The zero-order valence-corrected chi connectivity index (χ0v) is 13.6. The van der Waals surface area contributed by atoms with Crippen molar-refractivity contribution in [3.63, 3.8) is 0 Å². The van der Waals surface area contributed by atoms with Crippen molar-refractivity contribution in [2.45, 2.75) is 26.7 Å². The van der Waals surface area contributed by atoms with Gasteiger partial charge in [-0.05, 0) is 38.8 Å². The largest absolute Gasteiger partial charge is 0.501 e. The van der Waals surface area contributed by atoms with E-state index < -0.39 is 0 Å². The first-order chi connectivity index (χ1) is 11.6. The number of hydrogen-bond donors (Lipinski definition) is 0. The zero-order chi connectivity index (χ0) is 17.1. The van der Waals surface area contributed by atoms with Gasteiger partial charge in [-0.1, -0.05) is 0 Å². The fourth-order valence-electron chi connectivity index (χ4n) is 2.34. The maximum atomic E-state index is 12.8. The van der Waals surface area contributed by atoms with Crippen molar-refractivity contribution in [1.82, 2.24) is 19.7 Å². The smallest absolute Gasteiger partial charge is 0.201 e. The van der Waals surface area contributed by atoms with Crippen molar-refractivity contribution in [3.05, 3.63) is 47.9 Å². The van der Waals surface area contributed by atoms with E-state index in [0.717, 1.165) is 12.8 Å². The zero-order valence-electron chi connectivity index (χ0n) is 13.6. The molecule has 2 heterocycles. The van der Waals surface area contributed by atoms with E-state index in [4.69, 9.17) is 4.74 Å². The van der Waals surface area contributed by atoms with Gasteiger partial charge in [0.05, 0.1) is 18.6 Å². The SMILES string of the molecule is CCO/C=C(/C(=O)c1ccc(-n2cncn2)nc1C)C(=O)C1CC1. The van der Waals surface area contributed by atoms with Gasteiger partial charge in [0.15, 0.2) is 11.6 Å². The minimum Gasteiger partial charge on any atom is -0.501 e. The Morgan fingerprint density at radius 2 is 2.17 bits per heavy atom. The van der Waals surface area contributed by atoms with Crippen molar-refractivity contribution >= 4 is 11.6 Å². The Balaban J connectivity index is 1.91. The molecular formula is C17H18N4O3. The number of aromatic nitrogens is 4. The second-order valence-corrected chi connectivity index (χ2v) is 5.60. The van der Waals surface area contributed by atoms with Gasteiger partial charge >= 0.3 is 0 Å². The maximum Gasteiger partial charge on any atom is 0.201 e. The molecule has 0 unspecified atom stereocenters. The first-order valence-electron chi connectivity index (χ1n) is 7.85. The molecule has 124 valence electrons. The third-order valence-corrected chi connectivity index (χ3v) is 3.80. The molecule has 0 atom stereocenters. The average molecular weight is 326 g/mol. The summed E-state index contributed by atoms with van der Waals surface area (Å²) in [6.45, 7) is 3.94. The van der Waals surface area contributed by atoms with Crippen LogP contribution in [0.25, 0.3) is 5.82 Å². The van der Waals surface area contributed by atoms with Crippen LogP contribution < -0.4 is 0 Å². The Bertz CT molecular complexity index is 792. The summed E-state index contributed by atoms with van der Waals surface area (Å²) in [4.78, 5) is 33.4. The number of carbonyl (C=O) groups excluding carboxylic acids is 2. The number of ketones is 2. The predicted molar refractivity (Wildman–Crippen MR) is 85.7 cm³/mol. The van der Waals surface area contributed by atoms with Crippen LogP contribution in [-0.2, 0) is 9.53 Å². The fourth-order valence-corrected chi connectivity index (χ4v) is 2.34. The number of hydrogen-bond acceptors (Lipinski definition) is 6. The van der Waals surface area contributed by atoms with Crippen LogP contribution in [0.5, 0.6) is 0 Å². The van der Waals surface area contributed by atoms with E-state index in [1.807, 2.05) is 0 Å². The number of nitrogens with zero attached hydrogens (tertiary/aromatic N) is 4. The molecule has 0 aromatic carbocycles. The number of aryl methyl sites for hydroxylation is 1. The molecule has 0 bridgehead atoms. The van der Waals surface area contributed by atoms with Gasteiger partial charge in [0, 0.05) is 11.5 Å². The second-order valence-electron chi connectivity index (χ2n) is 5.60. The monoisotopic (exact) mass is 326 g/mol. The molecule has 1 fully saturated rings. The van der Waals surface area contributed by atoms with Gasteiger partial charge in [-0.3, -0.25) is 9.59 Å². The summed E-state index contributed by atoms with van der Waals surface area (Å²) in [5.74, 6) is 0.0115. The molecule has 2 aromatic heterocycles. The van der Waals surface area contributed by atoms with Crippen molar-refractivity contribution in [2.24, 2.45) is 5.92 Å². The highest BCUT2D eigenvalue weighted by Crippen LogP contribution is 2.33. The van der Waals surface area contributed by atoms with E-state index in [9.17, 15) is 9.59 Å². The number of ether oxygens (including phenoxy) is 1. The standard InChI is InChI=1S/C17H18N4O3/c1-3-24-8-14(16(22)12-4-5-12)17(23)13-6-7-15(20-11(13)2)21-10-18-9-19-21/h6-10,12H,3-5H2,1-2H3/b14-8+. The lowest BCUT2D eigenvalue weighted by atomic mass is 9.98. The van der Waals surface area contributed by atoms with Gasteiger partial charge in [-0.2, -0.15) is 5.10 Å². The molecule has 7 heteroatoms. The van der Waals surface area contributed by atoms with E-state index in [2.05, 4.69) is 15.1 Å². The van der Waals surface area contributed by atoms with Crippen molar-refractivity contribution in [2.75, 3.05) is 6.61 Å². The van der Waals surface area contributed by atoms with E-state index in [-0.39, 0.29) is 23.1 Å². The second kappa shape index (κ2) is 6.74. The van der Waals surface area contributed by atoms with Crippen molar-refractivity contribution in [1.29, 1.82) is 0 Å². The van der Waals surface area contributed by atoms with Gasteiger partial charge in [0.25, 0.3) is 0 Å². The highest BCUT2D eigenvalue weighted by atomic mass is 16.5. The normalized spacial score (nSPS) is 14.5. The minimum absolute atomic E-state index is 0.0525. The van der Waals surface area contributed by atoms with E-state index >= 15 is 0 Å². The summed E-state index contributed by atoms with van der Waals surface area (Å²) >= 11 is 0. The molecule has 3 rings (SSSR count). The summed E-state index contributed by atoms with van der Waals surface area (Å²) in [5, 5.41) is 4.01. The van der Waals surface area contributed by atoms with Crippen molar-refractivity contribution < 1.29 is 14.3 Å². The van der Waals surface area contributed by atoms with Crippen LogP contribution in [0.3, 0.4) is 0 Å². The number of carbonyl (C=O) groups is 2. The van der Waals surface area contributed by atoms with E-state index in [1.54, 1.807) is 26.0 Å². The summed E-state index contributed by atoms with van der Waals surface area (Å²) in [5.41, 5.74) is 1.01. The first kappa shape index (κ1) is 16.0. The predicted octanol–water partition coefficient (Wildman–Crippen LogP) is 2.05. The third-order valence-electron chi connectivity index (χ3n) is 3.80. The molecule has 0 aliphatic heterocycles. The Kier molecular flexibility index (Phi) is 4.50. The Morgan fingerprint density at radius 3 is 2.75 bits per heavy atom. The molecule has 0 radical (unpaired) electrons. The number of rotatable bonds is 7. The number of pyridine rings is 1. The summed E-state index contributed by atoms with van der Waals surface area (Å²) < 4.78 is 6.72. The molecule has 2 aromatic rings. The van der Waals surface area contributed by atoms with Crippen LogP contribution in [0.4, 0.5) is 0 Å². The van der Waals surface area contributed by atoms with Gasteiger partial charge in [0.2, 0.25) is 5.78 Å². The van der Waals surface area contributed by atoms with Crippen LogP contribution in [-0.4, -0.2) is 37.9 Å². The van der Waals surface area contributed by atoms with E-state index in [1.165, 1.54) is 23.6 Å². The topological polar surface area (TPSA) is 87.0 Å². The number of allylic oxidation sites excluding steroid dienone is 1. The lowest BCUT2D eigenvalue weighted by Crippen LogP contribution is -2.17. The van der Waals surface area contributed by atoms with E-state index in [0.29, 0.717) is 23.7 Å². The Morgan fingerprint density at radius 1 is 1.38 bits per heavy atom. The Hall–Kier alpha value is -2.83. The summed E-state index contributed by atoms with van der Waals surface area (Å²) in [6.07, 6.45) is 5.89. The van der Waals surface area contributed by atoms with Crippen LogP contribution in [0.1, 0.15) is 35.8 Å². The highest BCUT2D eigenvalue weighted by molar-refractivity contribution is 6.27. The quantitative estimate of drug-likeness (QED) is 0.254. The molecule has 0 N–H and O–H groups in total. The molecule has 1 aliphatic rings. The highest BCUT2D eigenvalue weighted by Gasteiger charge is 2.35. The van der Waals surface area contributed by atoms with Crippen molar-refractivity contribution in [3.8, 4) is 5.82 Å². The summed E-state index contributed by atoms with van der Waals surface area (Å²) in [7, 11) is 0. The number of Topliss-reactive ketones (excluding diaryl/α,β-unsaturated/α-hetero) is 2. The van der Waals surface area contributed by atoms with Crippen LogP contribution in [0, 0.1) is 12.8 Å². The minimum atomic E-state index is -0.351. The van der Waals surface area contributed by atoms with Crippen LogP contribution in [0.15, 0.2) is 36.6 Å². The van der Waals surface area contributed by atoms with Gasteiger partial charge in [-0.25, -0.2) is 14.6 Å². The lowest BCUT2D eigenvalue weighted by molar-refractivity contribution is -0.116. The van der Waals surface area contributed by atoms with Gasteiger partial charge in [-0.15, -0.1) is 0 Å². The molecule has 7 nitrogen and oxygen atoms in total. The molecule has 0 spiro atoms. The molecular weight excluding hydrogens is 308 g/mol. The molecule has 0 amide bonds. The summed E-state index contributed by atoms with van der Waals surface area (Å²) in [6, 6.07) is 3.33. The molecule has 1 saturated carbocycles. The average Bonchev–Trinajstić information content (AvgIpc) is 3.29. The van der Waals surface area contributed by atoms with Crippen LogP contribution >= 0.6 is 0 Å². The van der Waals surface area contributed by atoms with Gasteiger partial charge < -0.3 is 4.74 Å². The fraction of sp³-hybridized carbons (Fsp3) is 0.353. The van der Waals surface area contributed by atoms with Crippen LogP contribution in [0.2, 0.25) is 0 Å². The Labute approximate surface area is 139 Å². The van der Waals surface area contributed by atoms with Gasteiger partial charge in [0.1, 0.15) is 18.2 Å². The molecule has 1 aliphatic carbocycles. The lowest BCUT2D eigenvalue weighted by Gasteiger charge is -2.09. The maximum absolute atomic E-state index is 12.8. The first-order valence-corrected chi connectivity index (χ1v) is 7.85. The molecule has 0 saturated heterocycles. The third kappa shape index (κ3) is 3.24.